The molecule has 4 rings (SSSR count). The summed E-state index contributed by atoms with van der Waals surface area (Å²) in [6.45, 7) is 3.12. The van der Waals surface area contributed by atoms with E-state index >= 15 is 0 Å². The van der Waals surface area contributed by atoms with Gasteiger partial charge >= 0.3 is 0 Å². The average molecular weight is 439 g/mol. The van der Waals surface area contributed by atoms with Crippen molar-refractivity contribution >= 4 is 0 Å². The number of benzene rings is 2. The Morgan fingerprint density at radius 1 is 1.12 bits per heavy atom. The molecule has 0 bridgehead atoms. The summed E-state index contributed by atoms with van der Waals surface area (Å²) in [5.41, 5.74) is 2.23. The van der Waals surface area contributed by atoms with Gasteiger partial charge in [0.15, 0.2) is 0 Å². The Hall–Kier alpha value is -2.90. The topological polar surface area (TPSA) is 51.6 Å². The molecule has 32 heavy (non-hydrogen) atoms. The lowest BCUT2D eigenvalue weighted by molar-refractivity contribution is 0.223. The van der Waals surface area contributed by atoms with Gasteiger partial charge in [-0.25, -0.2) is 9.37 Å². The number of imidazole rings is 1. The fourth-order valence-electron chi connectivity index (χ4n) is 4.07. The van der Waals surface area contributed by atoms with Crippen LogP contribution in [0.25, 0.3) is 0 Å². The first kappa shape index (κ1) is 22.3. The largest absolute Gasteiger partial charge is 0.497 e. The summed E-state index contributed by atoms with van der Waals surface area (Å²) in [5, 5.41) is 3.49. The van der Waals surface area contributed by atoms with Crippen LogP contribution in [0.2, 0.25) is 0 Å². The number of halogens is 1. The van der Waals surface area contributed by atoms with Crippen LogP contribution in [0.5, 0.6) is 11.5 Å². The maximum atomic E-state index is 14.1. The molecule has 1 aromatic heterocycles. The van der Waals surface area contributed by atoms with Crippen LogP contribution in [0.3, 0.4) is 0 Å². The van der Waals surface area contributed by atoms with Crippen molar-refractivity contribution in [2.45, 2.75) is 38.3 Å². The second kappa shape index (κ2) is 10.6. The van der Waals surface area contributed by atoms with Gasteiger partial charge in [-0.2, -0.15) is 0 Å². The first-order valence-corrected chi connectivity index (χ1v) is 11.0. The van der Waals surface area contributed by atoms with Gasteiger partial charge < -0.3 is 19.4 Å². The number of hydrogen-bond donors (Lipinski definition) is 1. The quantitative estimate of drug-likeness (QED) is 0.523. The molecule has 170 valence electrons. The smallest absolute Gasteiger partial charge is 0.122 e. The minimum absolute atomic E-state index is 0.173. The third kappa shape index (κ3) is 5.87. The zero-order valence-electron chi connectivity index (χ0n) is 18.7. The van der Waals surface area contributed by atoms with Gasteiger partial charge in [0.25, 0.3) is 0 Å². The first-order chi connectivity index (χ1) is 15.6. The van der Waals surface area contributed by atoms with Crippen LogP contribution >= 0.6 is 0 Å². The number of nitrogens with zero attached hydrogens (tertiary/aromatic N) is 3. The van der Waals surface area contributed by atoms with Crippen LogP contribution < -0.4 is 14.8 Å². The Bertz CT molecular complexity index is 992. The third-order valence-corrected chi connectivity index (χ3v) is 5.91. The highest BCUT2D eigenvalue weighted by molar-refractivity contribution is 5.30. The average Bonchev–Trinajstić information content (AvgIpc) is 3.38. The molecule has 3 aromatic rings. The lowest BCUT2D eigenvalue weighted by atomic mass is 10.2. The highest BCUT2D eigenvalue weighted by Gasteiger charge is 2.32. The molecule has 0 radical (unpaired) electrons. The number of hydrogen-bond acceptors (Lipinski definition) is 5. The summed E-state index contributed by atoms with van der Waals surface area (Å²) in [7, 11) is 3.63. The Morgan fingerprint density at radius 2 is 1.97 bits per heavy atom. The van der Waals surface area contributed by atoms with Gasteiger partial charge in [-0.3, -0.25) is 4.90 Å². The van der Waals surface area contributed by atoms with Crippen molar-refractivity contribution < 1.29 is 13.9 Å². The molecule has 7 heteroatoms. The zero-order valence-corrected chi connectivity index (χ0v) is 18.7. The highest BCUT2D eigenvalue weighted by Crippen LogP contribution is 2.22. The van der Waals surface area contributed by atoms with E-state index in [0.717, 1.165) is 36.0 Å². The minimum Gasteiger partial charge on any atom is -0.497 e. The molecule has 0 amide bonds. The van der Waals surface area contributed by atoms with E-state index < -0.39 is 6.17 Å². The minimum atomic E-state index is -0.775. The SMILES string of the molecule is COc1cccc(COc2ccc(CNC[C@@H]3C[C@H](F)CN3Cc3nccn3C)cc2)c1. The van der Waals surface area contributed by atoms with E-state index in [0.29, 0.717) is 26.1 Å². The Balaban J connectivity index is 1.23. The fraction of sp³-hybridized carbons (Fsp3) is 0.400. The van der Waals surface area contributed by atoms with Gasteiger partial charge in [0.2, 0.25) is 0 Å². The number of ether oxygens (including phenoxy) is 2. The summed E-state index contributed by atoms with van der Waals surface area (Å²) in [6, 6.07) is 16.1. The number of aromatic nitrogens is 2. The van der Waals surface area contributed by atoms with E-state index in [2.05, 4.69) is 27.3 Å². The number of nitrogens with one attached hydrogen (secondary N) is 1. The van der Waals surface area contributed by atoms with Gasteiger partial charge in [0.05, 0.1) is 13.7 Å². The van der Waals surface area contributed by atoms with E-state index in [1.165, 1.54) is 5.56 Å². The van der Waals surface area contributed by atoms with Crippen LogP contribution in [0.1, 0.15) is 23.4 Å². The number of likely N-dealkylation sites (tertiary alicyclic amines) is 1. The number of rotatable bonds is 10. The molecule has 2 atom stereocenters. The number of aryl methyl sites for hydroxylation is 1. The second-order valence-corrected chi connectivity index (χ2v) is 8.29. The van der Waals surface area contributed by atoms with E-state index in [9.17, 15) is 4.39 Å². The van der Waals surface area contributed by atoms with Gasteiger partial charge in [0, 0.05) is 45.1 Å². The zero-order chi connectivity index (χ0) is 22.3. The molecular weight excluding hydrogens is 407 g/mol. The predicted molar refractivity (Wildman–Crippen MR) is 122 cm³/mol. The van der Waals surface area contributed by atoms with Crippen molar-refractivity contribution in [1.29, 1.82) is 0 Å². The molecule has 1 saturated heterocycles. The lowest BCUT2D eigenvalue weighted by Crippen LogP contribution is -2.37. The molecule has 0 aliphatic carbocycles. The van der Waals surface area contributed by atoms with Crippen LogP contribution in [0, 0.1) is 0 Å². The van der Waals surface area contributed by atoms with Crippen molar-refractivity contribution in [2.24, 2.45) is 7.05 Å². The number of methoxy groups -OCH3 is 1. The third-order valence-electron chi connectivity index (χ3n) is 5.91. The fourth-order valence-corrected chi connectivity index (χ4v) is 4.07. The summed E-state index contributed by atoms with van der Waals surface area (Å²) in [5.74, 6) is 2.62. The van der Waals surface area contributed by atoms with E-state index in [4.69, 9.17) is 9.47 Å². The molecule has 0 unspecified atom stereocenters. The monoisotopic (exact) mass is 438 g/mol. The Labute approximate surface area is 189 Å². The first-order valence-electron chi connectivity index (χ1n) is 11.0. The highest BCUT2D eigenvalue weighted by atomic mass is 19.1. The van der Waals surface area contributed by atoms with Crippen molar-refractivity contribution in [2.75, 3.05) is 20.2 Å². The molecule has 1 aliphatic rings. The van der Waals surface area contributed by atoms with Crippen molar-refractivity contribution in [3.05, 3.63) is 77.9 Å². The molecule has 2 aromatic carbocycles. The van der Waals surface area contributed by atoms with Gasteiger partial charge in [-0.15, -0.1) is 0 Å². The maximum absolute atomic E-state index is 14.1. The molecule has 0 saturated carbocycles. The molecule has 2 heterocycles. The van der Waals surface area contributed by atoms with Crippen LogP contribution in [-0.2, 0) is 26.7 Å². The molecule has 1 N–H and O–H groups in total. The molecule has 1 aliphatic heterocycles. The molecule has 6 nitrogen and oxygen atoms in total. The summed E-state index contributed by atoms with van der Waals surface area (Å²) in [6.07, 6.45) is 3.50. The van der Waals surface area contributed by atoms with Gasteiger partial charge in [0.1, 0.15) is 30.1 Å². The van der Waals surface area contributed by atoms with Crippen LogP contribution in [0.4, 0.5) is 4.39 Å². The van der Waals surface area contributed by atoms with Crippen molar-refractivity contribution in [1.82, 2.24) is 19.8 Å². The summed E-state index contributed by atoms with van der Waals surface area (Å²) >= 11 is 0. The second-order valence-electron chi connectivity index (χ2n) is 8.29. The van der Waals surface area contributed by atoms with Crippen molar-refractivity contribution in [3.63, 3.8) is 0 Å². The van der Waals surface area contributed by atoms with E-state index in [-0.39, 0.29) is 6.04 Å². The Kier molecular flexibility index (Phi) is 7.39. The summed E-state index contributed by atoms with van der Waals surface area (Å²) in [4.78, 5) is 6.57. The normalized spacial score (nSPS) is 18.7. The molecular formula is C25H31FN4O2. The van der Waals surface area contributed by atoms with Crippen LogP contribution in [-0.4, -0.2) is 46.9 Å². The Morgan fingerprint density at radius 3 is 2.72 bits per heavy atom. The van der Waals surface area contributed by atoms with Crippen molar-refractivity contribution in [3.8, 4) is 11.5 Å². The molecule has 1 fully saturated rings. The lowest BCUT2D eigenvalue weighted by Gasteiger charge is -2.24. The van der Waals surface area contributed by atoms with E-state index in [1.54, 1.807) is 13.3 Å². The standard InChI is InChI=1S/C25H31FN4O2/c1-29-11-10-28-25(29)17-30-16-21(26)13-22(30)15-27-14-19-6-8-23(9-7-19)32-18-20-4-3-5-24(12-20)31-2/h3-12,21-22,27H,13-18H2,1-2H3/t21-,22-/m0/s1. The summed E-state index contributed by atoms with van der Waals surface area (Å²) < 4.78 is 27.2. The maximum Gasteiger partial charge on any atom is 0.122 e. The van der Waals surface area contributed by atoms with E-state index in [1.807, 2.05) is 54.2 Å². The molecule has 0 spiro atoms. The van der Waals surface area contributed by atoms with Crippen LogP contribution in [0.15, 0.2) is 60.9 Å². The number of alkyl halides is 1. The van der Waals surface area contributed by atoms with Gasteiger partial charge in [-0.1, -0.05) is 24.3 Å². The predicted octanol–water partition coefficient (Wildman–Crippen LogP) is 3.71. The van der Waals surface area contributed by atoms with Gasteiger partial charge in [-0.05, 0) is 41.8 Å².